The smallest absolute Gasteiger partial charge is 0.311 e. The number of nitrogens with zero attached hydrogens (tertiary/aromatic N) is 2. The molecule has 2 aromatic carbocycles. The molecular weight excluding hydrogens is 346 g/mol. The Balaban J connectivity index is 2.19. The normalized spacial score (nSPS) is 10.6. The Morgan fingerprint density at radius 1 is 1.18 bits per heavy atom. The molecule has 110 valence electrons. The molecule has 0 aliphatic carbocycles. The maximum absolute atomic E-state index is 11.3. The van der Waals surface area contributed by atoms with Crippen LogP contribution < -0.4 is 5.32 Å². The lowest BCUT2D eigenvalue weighted by Gasteiger charge is -2.10. The van der Waals surface area contributed by atoms with Gasteiger partial charge in [0, 0.05) is 15.5 Å². The standard InChI is InChI=1S/C16H12BrN3O2/c1-10-2-5-12(6-3-10)19-16-13-8-11(17)4-7-14(13)18-9-15(16)20(21)22/h2-9H,1H3,(H,18,19). The van der Waals surface area contributed by atoms with E-state index in [0.29, 0.717) is 16.6 Å². The van der Waals surface area contributed by atoms with Gasteiger partial charge < -0.3 is 5.32 Å². The summed E-state index contributed by atoms with van der Waals surface area (Å²) in [6.07, 6.45) is 1.28. The zero-order valence-electron chi connectivity index (χ0n) is 11.7. The van der Waals surface area contributed by atoms with Gasteiger partial charge in [-0.2, -0.15) is 0 Å². The minimum Gasteiger partial charge on any atom is -0.349 e. The van der Waals surface area contributed by atoms with E-state index in [2.05, 4.69) is 26.2 Å². The summed E-state index contributed by atoms with van der Waals surface area (Å²) in [7, 11) is 0. The van der Waals surface area contributed by atoms with Crippen LogP contribution in [0.1, 0.15) is 5.56 Å². The summed E-state index contributed by atoms with van der Waals surface area (Å²) in [6.45, 7) is 1.99. The molecule has 1 N–H and O–H groups in total. The average molecular weight is 358 g/mol. The van der Waals surface area contributed by atoms with Crippen LogP contribution >= 0.6 is 15.9 Å². The van der Waals surface area contributed by atoms with Crippen LogP contribution in [-0.2, 0) is 0 Å². The molecule has 3 rings (SSSR count). The van der Waals surface area contributed by atoms with Gasteiger partial charge in [-0.3, -0.25) is 10.1 Å². The van der Waals surface area contributed by atoms with Crippen molar-refractivity contribution in [3.8, 4) is 0 Å². The van der Waals surface area contributed by atoms with Crippen LogP contribution in [0.4, 0.5) is 17.1 Å². The van der Waals surface area contributed by atoms with Crippen LogP contribution in [0.2, 0.25) is 0 Å². The molecule has 6 heteroatoms. The van der Waals surface area contributed by atoms with E-state index in [-0.39, 0.29) is 5.69 Å². The molecule has 3 aromatic rings. The van der Waals surface area contributed by atoms with E-state index in [0.717, 1.165) is 15.7 Å². The fraction of sp³-hybridized carbons (Fsp3) is 0.0625. The number of aromatic nitrogens is 1. The van der Waals surface area contributed by atoms with E-state index >= 15 is 0 Å². The lowest BCUT2D eigenvalue weighted by atomic mass is 10.1. The zero-order chi connectivity index (χ0) is 15.7. The molecule has 1 heterocycles. The van der Waals surface area contributed by atoms with Crippen LogP contribution in [0.5, 0.6) is 0 Å². The first kappa shape index (κ1) is 14.5. The summed E-state index contributed by atoms with van der Waals surface area (Å²) >= 11 is 3.40. The number of aryl methyl sites for hydroxylation is 1. The predicted molar refractivity (Wildman–Crippen MR) is 90.6 cm³/mol. The molecule has 0 amide bonds. The van der Waals surface area contributed by atoms with Crippen molar-refractivity contribution < 1.29 is 4.92 Å². The van der Waals surface area contributed by atoms with E-state index < -0.39 is 4.92 Å². The monoisotopic (exact) mass is 357 g/mol. The molecule has 0 atom stereocenters. The van der Waals surface area contributed by atoms with Crippen LogP contribution in [-0.4, -0.2) is 9.91 Å². The number of fused-ring (bicyclic) bond motifs is 1. The van der Waals surface area contributed by atoms with Crippen LogP contribution in [0.15, 0.2) is 53.1 Å². The molecular formula is C16H12BrN3O2. The van der Waals surface area contributed by atoms with Gasteiger partial charge in [0.2, 0.25) is 0 Å². The highest BCUT2D eigenvalue weighted by atomic mass is 79.9. The molecule has 5 nitrogen and oxygen atoms in total. The van der Waals surface area contributed by atoms with E-state index in [9.17, 15) is 10.1 Å². The highest BCUT2D eigenvalue weighted by Crippen LogP contribution is 2.35. The van der Waals surface area contributed by atoms with E-state index in [1.54, 1.807) is 0 Å². The second kappa shape index (κ2) is 5.73. The molecule has 0 radical (unpaired) electrons. The summed E-state index contributed by atoms with van der Waals surface area (Å²) in [6, 6.07) is 13.2. The third-order valence-corrected chi connectivity index (χ3v) is 3.82. The number of nitro groups is 1. The number of pyridine rings is 1. The molecule has 0 aliphatic heterocycles. The zero-order valence-corrected chi connectivity index (χ0v) is 13.3. The van der Waals surface area contributed by atoms with Crippen molar-refractivity contribution in [1.82, 2.24) is 4.98 Å². The van der Waals surface area contributed by atoms with Crippen molar-refractivity contribution >= 4 is 43.9 Å². The molecule has 0 saturated heterocycles. The highest BCUT2D eigenvalue weighted by Gasteiger charge is 2.18. The number of halogens is 1. The minimum atomic E-state index is -0.427. The Kier molecular flexibility index (Phi) is 3.77. The largest absolute Gasteiger partial charge is 0.349 e. The topological polar surface area (TPSA) is 68.1 Å². The third kappa shape index (κ3) is 2.78. The quantitative estimate of drug-likeness (QED) is 0.531. The second-order valence-corrected chi connectivity index (χ2v) is 5.84. The van der Waals surface area contributed by atoms with Gasteiger partial charge in [0.15, 0.2) is 0 Å². The molecule has 22 heavy (non-hydrogen) atoms. The Labute approximate surface area is 135 Å². The third-order valence-electron chi connectivity index (χ3n) is 3.33. The first-order valence-electron chi connectivity index (χ1n) is 6.61. The van der Waals surface area contributed by atoms with Crippen LogP contribution in [0.25, 0.3) is 10.9 Å². The molecule has 0 unspecified atom stereocenters. The van der Waals surface area contributed by atoms with Gasteiger partial charge in [-0.15, -0.1) is 0 Å². The SMILES string of the molecule is Cc1ccc(Nc2c([N+](=O)[O-])cnc3ccc(Br)cc23)cc1. The Bertz CT molecular complexity index is 863. The lowest BCUT2D eigenvalue weighted by molar-refractivity contribution is -0.384. The minimum absolute atomic E-state index is 0.0498. The average Bonchev–Trinajstić information content (AvgIpc) is 2.49. The lowest BCUT2D eigenvalue weighted by Crippen LogP contribution is -1.99. The van der Waals surface area contributed by atoms with Crippen molar-refractivity contribution in [1.29, 1.82) is 0 Å². The van der Waals surface area contributed by atoms with Crippen LogP contribution in [0.3, 0.4) is 0 Å². The number of hydrogen-bond donors (Lipinski definition) is 1. The highest BCUT2D eigenvalue weighted by molar-refractivity contribution is 9.10. The first-order chi connectivity index (χ1) is 10.5. The Morgan fingerprint density at radius 2 is 1.91 bits per heavy atom. The van der Waals surface area contributed by atoms with Gasteiger partial charge >= 0.3 is 5.69 Å². The summed E-state index contributed by atoms with van der Waals surface area (Å²) in [5.74, 6) is 0. The first-order valence-corrected chi connectivity index (χ1v) is 7.40. The van der Waals surface area contributed by atoms with Crippen molar-refractivity contribution in [2.45, 2.75) is 6.92 Å². The number of rotatable bonds is 3. The maximum Gasteiger partial charge on any atom is 0.311 e. The van der Waals surface area contributed by atoms with Gasteiger partial charge in [-0.1, -0.05) is 33.6 Å². The fourth-order valence-electron chi connectivity index (χ4n) is 2.21. The van der Waals surface area contributed by atoms with Gasteiger partial charge in [-0.25, -0.2) is 4.98 Å². The summed E-state index contributed by atoms with van der Waals surface area (Å²) < 4.78 is 0.842. The van der Waals surface area contributed by atoms with Gasteiger partial charge in [0.05, 0.1) is 10.4 Å². The molecule has 0 bridgehead atoms. The van der Waals surface area contributed by atoms with Crippen molar-refractivity contribution in [2.75, 3.05) is 5.32 Å². The number of benzene rings is 2. The van der Waals surface area contributed by atoms with E-state index in [4.69, 9.17) is 0 Å². The number of nitrogens with one attached hydrogen (secondary N) is 1. The fourth-order valence-corrected chi connectivity index (χ4v) is 2.57. The molecule has 0 saturated carbocycles. The summed E-state index contributed by atoms with van der Waals surface area (Å²) in [5.41, 5.74) is 3.01. The molecule has 1 aromatic heterocycles. The van der Waals surface area contributed by atoms with Crippen molar-refractivity contribution in [2.24, 2.45) is 0 Å². The van der Waals surface area contributed by atoms with Crippen LogP contribution in [0, 0.1) is 17.0 Å². The molecule has 0 spiro atoms. The maximum atomic E-state index is 11.3. The second-order valence-electron chi connectivity index (χ2n) is 4.93. The molecule has 0 aliphatic rings. The number of anilines is 2. The Morgan fingerprint density at radius 3 is 2.59 bits per heavy atom. The van der Waals surface area contributed by atoms with Gasteiger partial charge in [0.1, 0.15) is 11.9 Å². The summed E-state index contributed by atoms with van der Waals surface area (Å²) in [4.78, 5) is 15.0. The van der Waals surface area contributed by atoms with Crippen molar-refractivity contribution in [3.05, 3.63) is 68.8 Å². The molecule has 0 fully saturated rings. The van der Waals surface area contributed by atoms with Gasteiger partial charge in [0.25, 0.3) is 0 Å². The predicted octanol–water partition coefficient (Wildman–Crippen LogP) is 4.96. The Hall–Kier alpha value is -2.47. The van der Waals surface area contributed by atoms with E-state index in [1.165, 1.54) is 6.20 Å². The van der Waals surface area contributed by atoms with E-state index in [1.807, 2.05) is 49.4 Å². The van der Waals surface area contributed by atoms with Gasteiger partial charge in [-0.05, 0) is 37.3 Å². The summed E-state index contributed by atoms with van der Waals surface area (Å²) in [5, 5.41) is 15.2. The van der Waals surface area contributed by atoms with Crippen molar-refractivity contribution in [3.63, 3.8) is 0 Å². The number of hydrogen-bond acceptors (Lipinski definition) is 4.